The van der Waals surface area contributed by atoms with Crippen molar-refractivity contribution in [3.63, 3.8) is 0 Å². The van der Waals surface area contributed by atoms with Gasteiger partial charge in [0, 0.05) is 6.04 Å². The van der Waals surface area contributed by atoms with Gasteiger partial charge in [-0.15, -0.1) is 0 Å². The molecule has 1 aromatic rings. The van der Waals surface area contributed by atoms with Crippen molar-refractivity contribution in [2.75, 3.05) is 5.73 Å². The molecular formula is C14H20BrFN2O2S. The highest BCUT2D eigenvalue weighted by Gasteiger charge is 2.29. The Morgan fingerprint density at radius 1 is 1.29 bits per heavy atom. The summed E-state index contributed by atoms with van der Waals surface area (Å²) in [6, 6.07) is 2.14. The molecular weight excluding hydrogens is 359 g/mol. The lowest BCUT2D eigenvalue weighted by Crippen LogP contribution is -2.40. The van der Waals surface area contributed by atoms with Gasteiger partial charge in [0.2, 0.25) is 10.0 Å². The zero-order chi connectivity index (χ0) is 15.8. The van der Waals surface area contributed by atoms with Crippen LogP contribution >= 0.6 is 15.9 Å². The normalized spacial score (nSPS) is 26.8. The van der Waals surface area contributed by atoms with Crippen molar-refractivity contribution in [3.05, 3.63) is 22.4 Å². The van der Waals surface area contributed by atoms with Crippen molar-refractivity contribution in [3.8, 4) is 0 Å². The van der Waals surface area contributed by atoms with Gasteiger partial charge in [-0.1, -0.05) is 13.8 Å². The maximum atomic E-state index is 13.4. The van der Waals surface area contributed by atoms with Crippen LogP contribution in [0.25, 0.3) is 0 Å². The quantitative estimate of drug-likeness (QED) is 0.792. The third-order valence-corrected chi connectivity index (χ3v) is 6.45. The van der Waals surface area contributed by atoms with Crippen molar-refractivity contribution in [1.29, 1.82) is 0 Å². The summed E-state index contributed by atoms with van der Waals surface area (Å²) >= 11 is 2.99. The minimum atomic E-state index is -3.74. The smallest absolute Gasteiger partial charge is 0.242 e. The number of nitrogen functional groups attached to an aromatic ring is 1. The van der Waals surface area contributed by atoms with E-state index >= 15 is 0 Å². The van der Waals surface area contributed by atoms with Gasteiger partial charge in [-0.2, -0.15) is 0 Å². The molecule has 0 aliphatic heterocycles. The van der Waals surface area contributed by atoms with Gasteiger partial charge in [0.25, 0.3) is 0 Å². The second-order valence-corrected chi connectivity index (χ2v) is 8.43. The molecule has 1 aliphatic rings. The highest BCUT2D eigenvalue weighted by molar-refractivity contribution is 9.10. The van der Waals surface area contributed by atoms with Crippen molar-refractivity contribution in [2.24, 2.45) is 11.8 Å². The Balaban J connectivity index is 2.21. The van der Waals surface area contributed by atoms with Crippen molar-refractivity contribution < 1.29 is 12.8 Å². The highest BCUT2D eigenvalue weighted by atomic mass is 79.9. The molecule has 1 saturated carbocycles. The predicted molar refractivity (Wildman–Crippen MR) is 84.8 cm³/mol. The molecule has 1 aromatic carbocycles. The number of halogens is 2. The molecule has 1 aliphatic carbocycles. The Bertz CT molecular complexity index is 636. The standard InChI is InChI=1S/C14H20BrFN2O2S/c1-8-3-4-10(5-9(8)2)18-21(19,20)14-6-11(15)12(16)7-13(14)17/h6-10,18H,3-5,17H2,1-2H3. The summed E-state index contributed by atoms with van der Waals surface area (Å²) in [6.45, 7) is 4.32. The Morgan fingerprint density at radius 2 is 1.95 bits per heavy atom. The molecule has 0 aromatic heterocycles. The first-order chi connectivity index (χ1) is 9.70. The lowest BCUT2D eigenvalue weighted by Gasteiger charge is -2.32. The van der Waals surface area contributed by atoms with Crippen LogP contribution in [0.4, 0.5) is 10.1 Å². The monoisotopic (exact) mass is 378 g/mol. The molecule has 0 radical (unpaired) electrons. The predicted octanol–water partition coefficient (Wildman–Crippen LogP) is 3.27. The van der Waals surface area contributed by atoms with E-state index in [9.17, 15) is 12.8 Å². The Morgan fingerprint density at radius 3 is 2.57 bits per heavy atom. The fourth-order valence-corrected chi connectivity index (χ4v) is 4.63. The van der Waals surface area contributed by atoms with Crippen LogP contribution in [0.1, 0.15) is 33.1 Å². The van der Waals surface area contributed by atoms with Crippen LogP contribution in [0.5, 0.6) is 0 Å². The number of anilines is 1. The van der Waals surface area contributed by atoms with Gasteiger partial charge in [-0.05, 0) is 59.2 Å². The number of hydrogen-bond donors (Lipinski definition) is 2. The van der Waals surface area contributed by atoms with E-state index < -0.39 is 15.8 Å². The lowest BCUT2D eigenvalue weighted by atomic mass is 9.79. The summed E-state index contributed by atoms with van der Waals surface area (Å²) < 4.78 is 41.0. The summed E-state index contributed by atoms with van der Waals surface area (Å²) in [7, 11) is -3.74. The Kier molecular flexibility index (Phi) is 4.95. The van der Waals surface area contributed by atoms with Crippen LogP contribution < -0.4 is 10.5 Å². The van der Waals surface area contributed by atoms with Crippen LogP contribution in [0.3, 0.4) is 0 Å². The first-order valence-electron chi connectivity index (χ1n) is 6.97. The molecule has 7 heteroatoms. The number of nitrogens with two attached hydrogens (primary N) is 1. The third-order valence-electron chi connectivity index (χ3n) is 4.26. The second-order valence-electron chi connectivity index (χ2n) is 5.89. The minimum Gasteiger partial charge on any atom is -0.398 e. The molecule has 3 unspecified atom stereocenters. The van der Waals surface area contributed by atoms with E-state index in [1.54, 1.807) is 0 Å². The molecule has 0 amide bonds. The van der Waals surface area contributed by atoms with Gasteiger partial charge < -0.3 is 5.73 Å². The molecule has 0 heterocycles. The number of nitrogens with one attached hydrogen (secondary N) is 1. The van der Waals surface area contributed by atoms with Gasteiger partial charge in [-0.3, -0.25) is 0 Å². The Labute approximate surface area is 133 Å². The summed E-state index contributed by atoms with van der Waals surface area (Å²) in [5, 5.41) is 0. The van der Waals surface area contributed by atoms with Gasteiger partial charge in [0.1, 0.15) is 10.7 Å². The van der Waals surface area contributed by atoms with Gasteiger partial charge >= 0.3 is 0 Å². The fraction of sp³-hybridized carbons (Fsp3) is 0.571. The van der Waals surface area contributed by atoms with Crippen LogP contribution in [0, 0.1) is 17.7 Å². The Hall–Kier alpha value is -0.660. The molecule has 3 N–H and O–H groups in total. The summed E-state index contributed by atoms with van der Waals surface area (Å²) in [5.41, 5.74) is 5.57. The number of sulfonamides is 1. The average Bonchev–Trinajstić information content (AvgIpc) is 2.37. The summed E-state index contributed by atoms with van der Waals surface area (Å²) in [6.07, 6.45) is 2.62. The van der Waals surface area contributed by atoms with Gasteiger partial charge in [-0.25, -0.2) is 17.5 Å². The van der Waals surface area contributed by atoms with E-state index in [0.29, 0.717) is 11.8 Å². The van der Waals surface area contributed by atoms with E-state index in [1.807, 2.05) is 0 Å². The van der Waals surface area contributed by atoms with Crippen LogP contribution in [0.15, 0.2) is 21.5 Å². The zero-order valence-electron chi connectivity index (χ0n) is 12.1. The van der Waals surface area contributed by atoms with Gasteiger partial charge in [0.15, 0.2) is 0 Å². The summed E-state index contributed by atoms with van der Waals surface area (Å²) in [4.78, 5) is -0.0814. The van der Waals surface area contributed by atoms with Crippen molar-refractivity contribution in [1.82, 2.24) is 4.72 Å². The SMILES string of the molecule is CC1CCC(NS(=O)(=O)c2cc(Br)c(F)cc2N)CC1C. The topological polar surface area (TPSA) is 72.2 Å². The number of hydrogen-bond acceptors (Lipinski definition) is 3. The molecule has 2 rings (SSSR count). The molecule has 0 saturated heterocycles. The van der Waals surface area contributed by atoms with Crippen molar-refractivity contribution in [2.45, 2.75) is 44.0 Å². The molecule has 3 atom stereocenters. The van der Waals surface area contributed by atoms with Gasteiger partial charge in [0.05, 0.1) is 10.2 Å². The molecule has 0 spiro atoms. The summed E-state index contributed by atoms with van der Waals surface area (Å²) in [5.74, 6) is 0.506. The molecule has 1 fully saturated rings. The van der Waals surface area contributed by atoms with Crippen LogP contribution in [-0.4, -0.2) is 14.5 Å². The minimum absolute atomic E-state index is 0.0814. The zero-order valence-corrected chi connectivity index (χ0v) is 14.5. The second kappa shape index (κ2) is 6.22. The van der Waals surface area contributed by atoms with E-state index in [0.717, 1.165) is 25.3 Å². The molecule has 0 bridgehead atoms. The van der Waals surface area contributed by atoms with E-state index in [4.69, 9.17) is 5.73 Å². The van der Waals surface area contributed by atoms with Crippen LogP contribution in [-0.2, 0) is 10.0 Å². The first kappa shape index (κ1) is 16.7. The molecule has 118 valence electrons. The van der Waals surface area contributed by atoms with Crippen LogP contribution in [0.2, 0.25) is 0 Å². The fourth-order valence-electron chi connectivity index (χ4n) is 2.71. The average molecular weight is 379 g/mol. The maximum absolute atomic E-state index is 13.4. The third kappa shape index (κ3) is 3.76. The maximum Gasteiger partial charge on any atom is 0.242 e. The lowest BCUT2D eigenvalue weighted by molar-refractivity contribution is 0.242. The van der Waals surface area contributed by atoms with E-state index in [-0.39, 0.29) is 21.1 Å². The van der Waals surface area contributed by atoms with E-state index in [2.05, 4.69) is 34.5 Å². The highest BCUT2D eigenvalue weighted by Crippen LogP contribution is 2.31. The molecule has 4 nitrogen and oxygen atoms in total. The largest absolute Gasteiger partial charge is 0.398 e. The first-order valence-corrected chi connectivity index (χ1v) is 9.25. The van der Waals surface area contributed by atoms with E-state index in [1.165, 1.54) is 6.07 Å². The number of rotatable bonds is 3. The number of benzene rings is 1. The molecule has 21 heavy (non-hydrogen) atoms. The van der Waals surface area contributed by atoms with Crippen molar-refractivity contribution >= 4 is 31.6 Å².